The molecule has 1 aliphatic rings. The van der Waals surface area contributed by atoms with E-state index in [1.54, 1.807) is 6.08 Å². The number of hydrogen-bond donors (Lipinski definition) is 1. The lowest BCUT2D eigenvalue weighted by molar-refractivity contribution is -0.133. The zero-order valence-corrected chi connectivity index (χ0v) is 10.0. The minimum absolute atomic E-state index is 0.225. The maximum Gasteiger partial charge on any atom is 0.232 e. The van der Waals surface area contributed by atoms with Gasteiger partial charge in [0.1, 0.15) is 0 Å². The van der Waals surface area contributed by atoms with Gasteiger partial charge < -0.3 is 10.2 Å². The minimum atomic E-state index is -0.355. The molecule has 2 atom stereocenters. The van der Waals surface area contributed by atoms with E-state index in [0.29, 0.717) is 5.92 Å². The van der Waals surface area contributed by atoms with Gasteiger partial charge in [-0.2, -0.15) is 0 Å². The quantitative estimate of drug-likeness (QED) is 0.547. The molecule has 0 aliphatic carbocycles. The Morgan fingerprint density at radius 1 is 1.73 bits per heavy atom. The molecule has 3 nitrogen and oxygen atoms in total. The van der Waals surface area contributed by atoms with Crippen molar-refractivity contribution in [3.63, 3.8) is 0 Å². The Morgan fingerprint density at radius 2 is 2.40 bits per heavy atom. The molecule has 0 aromatic carbocycles. The van der Waals surface area contributed by atoms with Gasteiger partial charge in [0.05, 0.1) is 5.41 Å². The molecule has 0 aromatic heterocycles. The number of hydrogen-bond acceptors (Lipinski definition) is 2. The van der Waals surface area contributed by atoms with E-state index in [2.05, 4.69) is 25.7 Å². The fourth-order valence-electron chi connectivity index (χ4n) is 2.03. The zero-order valence-electron chi connectivity index (χ0n) is 10.0. The Bertz CT molecular complexity index is 252. The Hall–Kier alpha value is -0.830. The van der Waals surface area contributed by atoms with Gasteiger partial charge in [0.2, 0.25) is 5.91 Å². The van der Waals surface area contributed by atoms with Crippen molar-refractivity contribution in [1.82, 2.24) is 10.2 Å². The van der Waals surface area contributed by atoms with Crippen LogP contribution in [0, 0.1) is 11.3 Å². The first-order valence-electron chi connectivity index (χ1n) is 5.70. The average molecular weight is 210 g/mol. The molecule has 15 heavy (non-hydrogen) atoms. The molecule has 1 heterocycles. The van der Waals surface area contributed by atoms with Crippen LogP contribution in [-0.2, 0) is 4.79 Å². The fourth-order valence-corrected chi connectivity index (χ4v) is 2.03. The highest BCUT2D eigenvalue weighted by Gasteiger charge is 2.45. The van der Waals surface area contributed by atoms with Crippen LogP contribution in [0.4, 0.5) is 0 Å². The van der Waals surface area contributed by atoms with Crippen molar-refractivity contribution in [2.24, 2.45) is 11.3 Å². The van der Waals surface area contributed by atoms with Crippen LogP contribution in [0.5, 0.6) is 0 Å². The van der Waals surface area contributed by atoms with Gasteiger partial charge in [0.15, 0.2) is 0 Å². The smallest absolute Gasteiger partial charge is 0.232 e. The Morgan fingerprint density at radius 3 is 2.87 bits per heavy atom. The predicted octanol–water partition coefficient (Wildman–Crippen LogP) is 1.27. The lowest BCUT2D eigenvalue weighted by Gasteiger charge is -2.21. The summed E-state index contributed by atoms with van der Waals surface area (Å²) >= 11 is 0. The largest absolute Gasteiger partial charge is 0.340 e. The van der Waals surface area contributed by atoms with Gasteiger partial charge in [-0.15, -0.1) is 6.58 Å². The first-order chi connectivity index (χ1) is 7.06. The van der Waals surface area contributed by atoms with Crippen LogP contribution in [0.1, 0.15) is 20.8 Å². The van der Waals surface area contributed by atoms with Crippen molar-refractivity contribution < 1.29 is 4.79 Å². The van der Waals surface area contributed by atoms with Crippen LogP contribution in [0.2, 0.25) is 0 Å². The van der Waals surface area contributed by atoms with Crippen LogP contribution in [-0.4, -0.2) is 37.0 Å². The molecule has 1 rings (SSSR count). The SMILES string of the molecule is C=CC1(C)C(=O)N(CCNCC)CC1C. The van der Waals surface area contributed by atoms with Crippen LogP contribution >= 0.6 is 0 Å². The Balaban J connectivity index is 2.57. The molecule has 0 radical (unpaired) electrons. The Kier molecular flexibility index (Phi) is 3.91. The van der Waals surface area contributed by atoms with Gasteiger partial charge in [-0.3, -0.25) is 4.79 Å². The van der Waals surface area contributed by atoms with Crippen molar-refractivity contribution in [3.05, 3.63) is 12.7 Å². The maximum atomic E-state index is 12.1. The maximum absolute atomic E-state index is 12.1. The normalized spacial score (nSPS) is 31.0. The summed E-state index contributed by atoms with van der Waals surface area (Å²) in [6.07, 6.45) is 1.80. The molecule has 1 saturated heterocycles. The summed E-state index contributed by atoms with van der Waals surface area (Å²) in [7, 11) is 0. The molecule has 1 N–H and O–H groups in total. The van der Waals surface area contributed by atoms with E-state index in [4.69, 9.17) is 0 Å². The van der Waals surface area contributed by atoms with Gasteiger partial charge in [-0.05, 0) is 19.4 Å². The van der Waals surface area contributed by atoms with Crippen LogP contribution in [0.25, 0.3) is 0 Å². The van der Waals surface area contributed by atoms with Crippen molar-refractivity contribution in [3.8, 4) is 0 Å². The van der Waals surface area contributed by atoms with Crippen molar-refractivity contribution in [2.75, 3.05) is 26.2 Å². The van der Waals surface area contributed by atoms with Gasteiger partial charge in [0, 0.05) is 19.6 Å². The van der Waals surface area contributed by atoms with Crippen molar-refractivity contribution >= 4 is 5.91 Å². The summed E-state index contributed by atoms with van der Waals surface area (Å²) in [5, 5.41) is 3.24. The van der Waals surface area contributed by atoms with E-state index in [-0.39, 0.29) is 11.3 Å². The number of amides is 1. The fraction of sp³-hybridized carbons (Fsp3) is 0.750. The second-order valence-corrected chi connectivity index (χ2v) is 4.49. The number of likely N-dealkylation sites (tertiary alicyclic amines) is 1. The molecular formula is C12H22N2O. The predicted molar refractivity (Wildman–Crippen MR) is 62.6 cm³/mol. The average Bonchev–Trinajstić information content (AvgIpc) is 2.44. The summed E-state index contributed by atoms with van der Waals surface area (Å²) in [5.74, 6) is 0.590. The topological polar surface area (TPSA) is 32.3 Å². The molecule has 3 heteroatoms. The highest BCUT2D eigenvalue weighted by atomic mass is 16.2. The van der Waals surface area contributed by atoms with Gasteiger partial charge in [-0.25, -0.2) is 0 Å². The number of nitrogens with zero attached hydrogens (tertiary/aromatic N) is 1. The zero-order chi connectivity index (χ0) is 11.5. The van der Waals surface area contributed by atoms with Gasteiger partial charge in [-0.1, -0.05) is 19.9 Å². The lowest BCUT2D eigenvalue weighted by atomic mass is 9.81. The van der Waals surface area contributed by atoms with Gasteiger partial charge >= 0.3 is 0 Å². The first-order valence-corrected chi connectivity index (χ1v) is 5.70. The Labute approximate surface area is 92.5 Å². The van der Waals surface area contributed by atoms with Crippen molar-refractivity contribution in [1.29, 1.82) is 0 Å². The molecule has 0 aromatic rings. The number of rotatable bonds is 5. The molecule has 1 aliphatic heterocycles. The van der Waals surface area contributed by atoms with Crippen LogP contribution in [0.15, 0.2) is 12.7 Å². The number of nitrogens with one attached hydrogen (secondary N) is 1. The number of carbonyl (C=O) groups is 1. The molecule has 2 unspecified atom stereocenters. The van der Waals surface area contributed by atoms with E-state index in [1.165, 1.54) is 0 Å². The molecule has 86 valence electrons. The molecule has 0 bridgehead atoms. The van der Waals surface area contributed by atoms with Crippen molar-refractivity contribution in [2.45, 2.75) is 20.8 Å². The summed E-state index contributed by atoms with van der Waals surface area (Å²) in [4.78, 5) is 14.0. The second-order valence-electron chi connectivity index (χ2n) is 4.49. The highest BCUT2D eigenvalue weighted by molar-refractivity contribution is 5.86. The minimum Gasteiger partial charge on any atom is -0.340 e. The van der Waals surface area contributed by atoms with Crippen LogP contribution in [0.3, 0.4) is 0 Å². The van der Waals surface area contributed by atoms with Crippen LogP contribution < -0.4 is 5.32 Å². The van der Waals surface area contributed by atoms with E-state index in [1.807, 2.05) is 11.8 Å². The third kappa shape index (κ3) is 2.23. The summed E-state index contributed by atoms with van der Waals surface area (Å²) in [6.45, 7) is 13.5. The van der Waals surface area contributed by atoms with E-state index < -0.39 is 0 Å². The van der Waals surface area contributed by atoms with E-state index in [0.717, 1.165) is 26.2 Å². The second kappa shape index (κ2) is 4.79. The molecule has 0 saturated carbocycles. The lowest BCUT2D eigenvalue weighted by Crippen LogP contribution is -2.36. The van der Waals surface area contributed by atoms with E-state index in [9.17, 15) is 4.79 Å². The highest BCUT2D eigenvalue weighted by Crippen LogP contribution is 2.37. The molecule has 1 fully saturated rings. The summed E-state index contributed by atoms with van der Waals surface area (Å²) in [6, 6.07) is 0. The number of carbonyl (C=O) groups excluding carboxylic acids is 1. The summed E-state index contributed by atoms with van der Waals surface area (Å²) in [5.41, 5.74) is -0.355. The van der Waals surface area contributed by atoms with E-state index >= 15 is 0 Å². The van der Waals surface area contributed by atoms with Gasteiger partial charge in [0.25, 0.3) is 0 Å². The first kappa shape index (κ1) is 12.2. The third-order valence-electron chi connectivity index (χ3n) is 3.50. The monoisotopic (exact) mass is 210 g/mol. The standard InChI is InChI=1S/C12H22N2O/c1-5-12(4)10(3)9-14(11(12)15)8-7-13-6-2/h5,10,13H,1,6-9H2,2-4H3. The summed E-state index contributed by atoms with van der Waals surface area (Å²) < 4.78 is 0. The molecular weight excluding hydrogens is 188 g/mol. The number of likely N-dealkylation sites (N-methyl/N-ethyl adjacent to an activating group) is 1. The third-order valence-corrected chi connectivity index (χ3v) is 3.50. The molecule has 0 spiro atoms. The molecule has 1 amide bonds.